The van der Waals surface area contributed by atoms with Gasteiger partial charge in [-0.2, -0.15) is 0 Å². The van der Waals surface area contributed by atoms with Crippen LogP contribution in [-0.4, -0.2) is 122 Å². The van der Waals surface area contributed by atoms with Crippen molar-refractivity contribution in [3.8, 4) is 0 Å². The highest BCUT2D eigenvalue weighted by Crippen LogP contribution is 2.03. The average molecular weight is 519 g/mol. The summed E-state index contributed by atoms with van der Waals surface area (Å²) in [5.74, 6) is -0.147. The average Bonchev–Trinajstić information content (AvgIpc) is 3.40. The molecule has 196 valence electrons. The normalized spacial score (nSPS) is 19.5. The number of ether oxygens (including phenoxy) is 3. The number of carbonyl (C=O) groups is 3. The second kappa shape index (κ2) is 24.1. The number of aliphatic hydroxyl groups excluding tert-OH is 2. The fraction of sp³-hybridized carbons (Fsp3) is 0.857. The van der Waals surface area contributed by atoms with Crippen molar-refractivity contribution in [2.45, 2.75) is 38.7 Å². The Balaban J connectivity index is 0. The van der Waals surface area contributed by atoms with Crippen LogP contribution in [0.5, 0.6) is 0 Å². The molecule has 33 heavy (non-hydrogen) atoms. The molecule has 10 nitrogen and oxygen atoms in total. The topological polar surface area (TPSA) is 126 Å². The Labute approximate surface area is 207 Å². The van der Waals surface area contributed by atoms with Crippen LogP contribution in [-0.2, 0) is 28.6 Å². The smallest absolute Gasteiger partial charge is 0.253 e. The quantitative estimate of drug-likeness (QED) is 0.414. The van der Waals surface area contributed by atoms with Gasteiger partial charge in [-0.1, -0.05) is 13.3 Å². The van der Waals surface area contributed by atoms with Crippen LogP contribution in [0.1, 0.15) is 32.6 Å². The zero-order valence-corrected chi connectivity index (χ0v) is 21.5. The summed E-state index contributed by atoms with van der Waals surface area (Å²) in [6.07, 6.45) is 3.97. The van der Waals surface area contributed by atoms with Gasteiger partial charge < -0.3 is 34.2 Å². The number of unbranched alkanes of at least 4 members (excludes halogenated alkanes) is 1. The number of aliphatic hydroxyl groups is 2. The molecule has 2 N–H and O–H groups in total. The number of alkyl halides is 1. The third-order valence-corrected chi connectivity index (χ3v) is 4.74. The maximum atomic E-state index is 11.0. The number of morpholine rings is 2. The summed E-state index contributed by atoms with van der Waals surface area (Å²) in [6, 6.07) is 0. The molecule has 0 bridgehead atoms. The van der Waals surface area contributed by atoms with E-state index in [0.717, 1.165) is 32.6 Å². The molecule has 3 aliphatic rings. The number of halogens is 2. The number of rotatable bonds is 4. The van der Waals surface area contributed by atoms with E-state index in [2.05, 4.69) is 6.92 Å². The molecular weight excluding hydrogens is 479 g/mol. The highest BCUT2D eigenvalue weighted by Gasteiger charge is 2.25. The predicted octanol–water partition coefficient (Wildman–Crippen LogP) is 0.877. The van der Waals surface area contributed by atoms with E-state index < -0.39 is 11.3 Å². The molecule has 12 heteroatoms. The van der Waals surface area contributed by atoms with Crippen LogP contribution in [0, 0.1) is 0 Å². The van der Waals surface area contributed by atoms with Crippen LogP contribution in [0.25, 0.3) is 0 Å². The molecule has 0 saturated carbocycles. The number of hydrogen-bond donors (Lipinski definition) is 2. The highest BCUT2D eigenvalue weighted by atomic mass is 35.5. The number of nitrogens with zero attached hydrogens (tertiary/aromatic N) is 2. The summed E-state index contributed by atoms with van der Waals surface area (Å²) in [5, 5.41) is 16.2. The Morgan fingerprint density at radius 3 is 1.88 bits per heavy atom. The van der Waals surface area contributed by atoms with Gasteiger partial charge in [0.15, 0.2) is 6.10 Å². The van der Waals surface area contributed by atoms with Crippen molar-refractivity contribution in [3.05, 3.63) is 0 Å². The van der Waals surface area contributed by atoms with Gasteiger partial charge in [-0.25, -0.2) is 0 Å². The summed E-state index contributed by atoms with van der Waals surface area (Å²) in [4.78, 5) is 34.3. The van der Waals surface area contributed by atoms with E-state index in [0.29, 0.717) is 26.4 Å². The van der Waals surface area contributed by atoms with Crippen LogP contribution in [0.3, 0.4) is 0 Å². The molecule has 3 saturated heterocycles. The molecule has 3 rings (SSSR count). The minimum Gasteiger partial charge on any atom is -0.396 e. The fourth-order valence-electron chi connectivity index (χ4n) is 2.15. The molecule has 2 amide bonds. The molecule has 3 heterocycles. The van der Waals surface area contributed by atoms with Gasteiger partial charge in [0.2, 0.25) is 11.1 Å². The van der Waals surface area contributed by atoms with Crippen LogP contribution in [0.2, 0.25) is 0 Å². The third-order valence-electron chi connectivity index (χ3n) is 4.23. The number of amides is 2. The van der Waals surface area contributed by atoms with Gasteiger partial charge in [0.1, 0.15) is 6.61 Å². The van der Waals surface area contributed by atoms with Crippen LogP contribution in [0.4, 0.5) is 0 Å². The molecule has 0 aromatic rings. The molecule has 0 aromatic heterocycles. The maximum Gasteiger partial charge on any atom is 0.253 e. The van der Waals surface area contributed by atoms with Gasteiger partial charge in [-0.05, 0) is 30.9 Å². The van der Waals surface area contributed by atoms with Crippen molar-refractivity contribution >= 4 is 40.3 Å². The SMILES string of the molecule is C1CCOC1.CCCCO.CN1CCOC(CO)C1=O.CN1CCOCC1=O.O=C(Cl)CCl. The number of hydrogen-bond acceptors (Lipinski definition) is 8. The van der Waals surface area contributed by atoms with E-state index in [-0.39, 0.29) is 30.9 Å². The number of likely N-dealkylation sites (N-methyl/N-ethyl adjacent to an activating group) is 2. The summed E-state index contributed by atoms with van der Waals surface area (Å²) >= 11 is 9.55. The summed E-state index contributed by atoms with van der Waals surface area (Å²) in [5.41, 5.74) is 0. The Kier molecular flexibility index (Phi) is 25.0. The van der Waals surface area contributed by atoms with Crippen molar-refractivity contribution in [3.63, 3.8) is 0 Å². The van der Waals surface area contributed by atoms with E-state index in [4.69, 9.17) is 47.6 Å². The molecule has 0 aliphatic carbocycles. The summed E-state index contributed by atoms with van der Waals surface area (Å²) in [6.45, 7) is 7.00. The van der Waals surface area contributed by atoms with Crippen LogP contribution in [0.15, 0.2) is 0 Å². The summed E-state index contributed by atoms with van der Waals surface area (Å²) < 4.78 is 14.8. The molecular formula is C21H40Cl2N2O8. The van der Waals surface area contributed by atoms with Crippen molar-refractivity contribution < 1.29 is 38.8 Å². The van der Waals surface area contributed by atoms with Gasteiger partial charge in [-0.3, -0.25) is 14.4 Å². The molecule has 0 radical (unpaired) electrons. The summed E-state index contributed by atoms with van der Waals surface area (Å²) in [7, 11) is 3.48. The molecule has 1 unspecified atom stereocenters. The van der Waals surface area contributed by atoms with E-state index in [1.54, 1.807) is 23.9 Å². The van der Waals surface area contributed by atoms with Gasteiger partial charge >= 0.3 is 0 Å². The first-order chi connectivity index (χ1) is 15.7. The van der Waals surface area contributed by atoms with E-state index >= 15 is 0 Å². The Bertz CT molecular complexity index is 501. The predicted molar refractivity (Wildman–Crippen MR) is 127 cm³/mol. The lowest BCUT2D eigenvalue weighted by atomic mass is 10.3. The Hall–Kier alpha value is -1.01. The third kappa shape index (κ3) is 21.3. The Morgan fingerprint density at radius 2 is 1.61 bits per heavy atom. The minimum absolute atomic E-state index is 0.0799. The monoisotopic (exact) mass is 518 g/mol. The Morgan fingerprint density at radius 1 is 1.03 bits per heavy atom. The van der Waals surface area contributed by atoms with Crippen molar-refractivity contribution in [1.29, 1.82) is 0 Å². The van der Waals surface area contributed by atoms with E-state index in [1.165, 1.54) is 12.8 Å². The van der Waals surface area contributed by atoms with Crippen LogP contribution < -0.4 is 0 Å². The first-order valence-electron chi connectivity index (χ1n) is 11.0. The lowest BCUT2D eigenvalue weighted by Crippen LogP contribution is -2.47. The lowest BCUT2D eigenvalue weighted by Gasteiger charge is -2.28. The first-order valence-corrected chi connectivity index (χ1v) is 11.9. The largest absolute Gasteiger partial charge is 0.396 e. The van der Waals surface area contributed by atoms with E-state index in [1.807, 2.05) is 0 Å². The molecule has 3 aliphatic heterocycles. The zero-order valence-electron chi connectivity index (χ0n) is 20.0. The van der Waals surface area contributed by atoms with Gasteiger partial charge in [0.25, 0.3) is 5.91 Å². The number of carbonyl (C=O) groups excluding carboxylic acids is 3. The standard InChI is InChI=1S/C6H11NO3.C5H9NO2.C4H8O.C4H10O.C2H2Cl2O/c1-7-2-3-10-5(4-8)6(7)9;1-6-2-3-8-4-5(6)7;1-2-4-5-3-1;1-2-3-4-5;3-1-2(4)5/h5,8H,2-4H2,1H3;2-4H2,1H3;1-4H2;5H,2-4H2,1H3;1H2. The highest BCUT2D eigenvalue weighted by molar-refractivity contribution is 6.67. The zero-order chi connectivity index (χ0) is 25.5. The van der Waals surface area contributed by atoms with Crippen molar-refractivity contribution in [1.82, 2.24) is 9.80 Å². The molecule has 3 fully saturated rings. The van der Waals surface area contributed by atoms with Gasteiger partial charge in [0.05, 0.1) is 25.7 Å². The maximum absolute atomic E-state index is 11.0. The molecule has 1 atom stereocenters. The second-order valence-electron chi connectivity index (χ2n) is 7.06. The lowest BCUT2D eigenvalue weighted by molar-refractivity contribution is -0.153. The molecule has 0 spiro atoms. The van der Waals surface area contributed by atoms with Gasteiger partial charge in [-0.15, -0.1) is 11.6 Å². The molecule has 0 aromatic carbocycles. The van der Waals surface area contributed by atoms with Crippen LogP contribution >= 0.6 is 23.2 Å². The minimum atomic E-state index is -0.626. The fourth-order valence-corrected chi connectivity index (χ4v) is 2.15. The van der Waals surface area contributed by atoms with Crippen molar-refractivity contribution in [2.75, 3.05) is 79.3 Å². The van der Waals surface area contributed by atoms with Crippen molar-refractivity contribution in [2.24, 2.45) is 0 Å². The second-order valence-corrected chi connectivity index (χ2v) is 7.74. The first kappa shape index (κ1) is 34.2. The van der Waals surface area contributed by atoms with E-state index in [9.17, 15) is 14.4 Å². The van der Waals surface area contributed by atoms with Gasteiger partial charge in [0, 0.05) is 47.0 Å².